The lowest BCUT2D eigenvalue weighted by molar-refractivity contribution is -0.139. The van der Waals surface area contributed by atoms with Gasteiger partial charge in [-0.25, -0.2) is 8.78 Å². The zero-order chi connectivity index (χ0) is 15.9. The van der Waals surface area contributed by atoms with Crippen molar-refractivity contribution < 1.29 is 18.4 Å². The molecule has 2 aliphatic heterocycles. The van der Waals surface area contributed by atoms with Gasteiger partial charge in [0.05, 0.1) is 0 Å². The minimum Gasteiger partial charge on any atom is -0.340 e. The molecule has 2 N–H and O–H groups in total. The molecule has 118 valence electrons. The van der Waals surface area contributed by atoms with Crippen molar-refractivity contribution in [1.29, 1.82) is 0 Å². The molecule has 0 aliphatic carbocycles. The highest BCUT2D eigenvalue weighted by molar-refractivity contribution is 6.09. The van der Waals surface area contributed by atoms with Crippen LogP contribution in [0.15, 0.2) is 18.2 Å². The van der Waals surface area contributed by atoms with Crippen molar-refractivity contribution in [3.05, 3.63) is 29.8 Å². The summed E-state index contributed by atoms with van der Waals surface area (Å²) in [6.07, 6.45) is 1.11. The number of nitrogens with two attached hydrogens (primary N) is 1. The largest absolute Gasteiger partial charge is 0.340 e. The molecule has 7 heteroatoms. The Bertz CT molecular complexity index is 623. The third-order valence-electron chi connectivity index (χ3n) is 4.25. The van der Waals surface area contributed by atoms with Gasteiger partial charge in [-0.1, -0.05) is 0 Å². The molecule has 2 heterocycles. The van der Waals surface area contributed by atoms with E-state index in [-0.39, 0.29) is 23.5 Å². The monoisotopic (exact) mass is 309 g/mol. The summed E-state index contributed by atoms with van der Waals surface area (Å²) < 4.78 is 26.3. The van der Waals surface area contributed by atoms with Crippen molar-refractivity contribution in [3.8, 4) is 0 Å². The average molecular weight is 309 g/mol. The van der Waals surface area contributed by atoms with E-state index in [1.807, 2.05) is 0 Å². The van der Waals surface area contributed by atoms with Crippen LogP contribution in [0.4, 0.5) is 14.5 Å². The molecule has 2 fully saturated rings. The number of benzene rings is 1. The second kappa shape index (κ2) is 5.64. The van der Waals surface area contributed by atoms with Gasteiger partial charge in [-0.3, -0.25) is 9.59 Å². The molecule has 1 aromatic carbocycles. The Morgan fingerprint density at radius 2 is 1.95 bits per heavy atom. The van der Waals surface area contributed by atoms with E-state index in [9.17, 15) is 18.4 Å². The Hall–Kier alpha value is -2.02. The molecule has 2 aliphatic rings. The number of likely N-dealkylation sites (tertiary alicyclic amines) is 1. The summed E-state index contributed by atoms with van der Waals surface area (Å²) in [6.45, 7) is 1.35. The first-order valence-electron chi connectivity index (χ1n) is 7.28. The zero-order valence-electron chi connectivity index (χ0n) is 12.0. The van der Waals surface area contributed by atoms with E-state index in [0.29, 0.717) is 26.1 Å². The Kier molecular flexibility index (Phi) is 3.82. The summed E-state index contributed by atoms with van der Waals surface area (Å²) in [5.74, 6) is -3.31. The first kappa shape index (κ1) is 14.9. The molecule has 5 nitrogen and oxygen atoms in total. The highest BCUT2D eigenvalue weighted by atomic mass is 19.2. The Balaban J connectivity index is 1.74. The molecule has 1 aromatic rings. The maximum Gasteiger partial charge on any atom is 0.239 e. The van der Waals surface area contributed by atoms with Crippen LogP contribution in [0.25, 0.3) is 0 Å². The van der Waals surface area contributed by atoms with Gasteiger partial charge in [0.25, 0.3) is 0 Å². The smallest absolute Gasteiger partial charge is 0.239 e. The van der Waals surface area contributed by atoms with E-state index in [1.165, 1.54) is 11.0 Å². The summed E-state index contributed by atoms with van der Waals surface area (Å²) in [5.41, 5.74) is 6.05. The minimum absolute atomic E-state index is 0.0391. The van der Waals surface area contributed by atoms with Gasteiger partial charge in [0.1, 0.15) is 5.92 Å². The molecule has 0 radical (unpaired) electrons. The zero-order valence-corrected chi connectivity index (χ0v) is 12.0. The standard InChI is InChI=1S/C15H17F2N3O2/c16-12-2-1-10(7-13(12)17)20-6-4-11(15(20)22)14(21)19-5-3-9(18)8-19/h1-2,7,9,11H,3-6,8,18H2/t9-,11?/m1/s1. The van der Waals surface area contributed by atoms with Crippen molar-refractivity contribution >= 4 is 17.5 Å². The van der Waals surface area contributed by atoms with Gasteiger partial charge < -0.3 is 15.5 Å². The highest BCUT2D eigenvalue weighted by Gasteiger charge is 2.41. The maximum absolute atomic E-state index is 13.3. The molecule has 1 unspecified atom stereocenters. The number of hydrogen-bond acceptors (Lipinski definition) is 3. The first-order valence-corrected chi connectivity index (χ1v) is 7.28. The number of carbonyl (C=O) groups excluding carboxylic acids is 2. The van der Waals surface area contributed by atoms with Crippen LogP contribution in [0.1, 0.15) is 12.8 Å². The lowest BCUT2D eigenvalue weighted by Crippen LogP contribution is -2.40. The second-order valence-electron chi connectivity index (χ2n) is 5.76. The van der Waals surface area contributed by atoms with Gasteiger partial charge in [-0.2, -0.15) is 0 Å². The van der Waals surface area contributed by atoms with E-state index in [4.69, 9.17) is 5.73 Å². The van der Waals surface area contributed by atoms with Crippen molar-refractivity contribution in [2.24, 2.45) is 11.7 Å². The Morgan fingerprint density at radius 1 is 1.18 bits per heavy atom. The maximum atomic E-state index is 13.3. The van der Waals surface area contributed by atoms with E-state index < -0.39 is 17.6 Å². The molecule has 2 amide bonds. The average Bonchev–Trinajstić information content (AvgIpc) is 3.08. The van der Waals surface area contributed by atoms with Gasteiger partial charge in [0, 0.05) is 37.4 Å². The third kappa shape index (κ3) is 2.56. The van der Waals surface area contributed by atoms with Crippen LogP contribution in [-0.2, 0) is 9.59 Å². The Morgan fingerprint density at radius 3 is 2.59 bits per heavy atom. The number of carbonyl (C=O) groups is 2. The summed E-state index contributed by atoms with van der Waals surface area (Å²) >= 11 is 0. The number of amides is 2. The van der Waals surface area contributed by atoms with E-state index in [2.05, 4.69) is 0 Å². The lowest BCUT2D eigenvalue weighted by atomic mass is 10.1. The molecule has 0 aromatic heterocycles. The number of anilines is 1. The van der Waals surface area contributed by atoms with Crippen LogP contribution in [0.5, 0.6) is 0 Å². The third-order valence-corrected chi connectivity index (χ3v) is 4.25. The second-order valence-corrected chi connectivity index (χ2v) is 5.76. The highest BCUT2D eigenvalue weighted by Crippen LogP contribution is 2.28. The van der Waals surface area contributed by atoms with Crippen molar-refractivity contribution in [3.63, 3.8) is 0 Å². The van der Waals surface area contributed by atoms with Crippen LogP contribution in [0, 0.1) is 17.6 Å². The first-order chi connectivity index (χ1) is 10.5. The van der Waals surface area contributed by atoms with Crippen LogP contribution in [0.2, 0.25) is 0 Å². The van der Waals surface area contributed by atoms with Gasteiger partial charge >= 0.3 is 0 Å². The fraction of sp³-hybridized carbons (Fsp3) is 0.467. The fourth-order valence-corrected chi connectivity index (χ4v) is 3.03. The molecule has 3 rings (SSSR count). The minimum atomic E-state index is -1.01. The lowest BCUT2D eigenvalue weighted by Gasteiger charge is -2.20. The summed E-state index contributed by atoms with van der Waals surface area (Å²) in [6, 6.07) is 3.26. The van der Waals surface area contributed by atoms with Crippen molar-refractivity contribution in [2.45, 2.75) is 18.9 Å². The number of rotatable bonds is 2. The summed E-state index contributed by atoms with van der Waals surface area (Å²) in [7, 11) is 0. The molecule has 2 atom stereocenters. The molecule has 0 spiro atoms. The number of hydrogen-bond donors (Lipinski definition) is 1. The summed E-state index contributed by atoms with van der Waals surface area (Å²) in [4.78, 5) is 27.8. The Labute approximate surface area is 126 Å². The van der Waals surface area contributed by atoms with Crippen molar-refractivity contribution in [1.82, 2.24) is 4.90 Å². The van der Waals surface area contributed by atoms with E-state index in [1.54, 1.807) is 4.90 Å². The molecule has 22 heavy (non-hydrogen) atoms. The van der Waals surface area contributed by atoms with Crippen LogP contribution < -0.4 is 10.6 Å². The van der Waals surface area contributed by atoms with Gasteiger partial charge in [-0.05, 0) is 25.0 Å². The molecule has 0 saturated carbocycles. The quantitative estimate of drug-likeness (QED) is 0.825. The van der Waals surface area contributed by atoms with E-state index in [0.717, 1.165) is 18.6 Å². The van der Waals surface area contributed by atoms with Gasteiger partial charge in [-0.15, -0.1) is 0 Å². The topological polar surface area (TPSA) is 66.6 Å². The predicted molar refractivity (Wildman–Crippen MR) is 76.0 cm³/mol. The van der Waals surface area contributed by atoms with Gasteiger partial charge in [0.15, 0.2) is 11.6 Å². The van der Waals surface area contributed by atoms with Crippen molar-refractivity contribution in [2.75, 3.05) is 24.5 Å². The van der Waals surface area contributed by atoms with Crippen LogP contribution in [0.3, 0.4) is 0 Å². The predicted octanol–water partition coefficient (Wildman–Crippen LogP) is 0.877. The van der Waals surface area contributed by atoms with Gasteiger partial charge in [0.2, 0.25) is 11.8 Å². The molecule has 2 saturated heterocycles. The van der Waals surface area contributed by atoms with Crippen LogP contribution >= 0.6 is 0 Å². The number of nitrogens with zero attached hydrogens (tertiary/aromatic N) is 2. The number of halogens is 2. The molecular weight excluding hydrogens is 292 g/mol. The normalized spacial score (nSPS) is 25.1. The SMILES string of the molecule is N[C@@H]1CCN(C(=O)C2CCN(c3ccc(F)c(F)c3)C2=O)C1. The van der Waals surface area contributed by atoms with Crippen LogP contribution in [-0.4, -0.2) is 42.4 Å². The molecular formula is C15H17F2N3O2. The fourth-order valence-electron chi connectivity index (χ4n) is 3.03. The molecule has 0 bridgehead atoms. The summed E-state index contributed by atoms with van der Waals surface area (Å²) in [5, 5.41) is 0. The van der Waals surface area contributed by atoms with E-state index >= 15 is 0 Å².